The van der Waals surface area contributed by atoms with Crippen molar-refractivity contribution in [2.24, 2.45) is 10.7 Å². The SMILES string of the molecule is CC1(c2cc(NC(=O)c3ncccc3F)ccc2F)N=C(N)OCC1(F)F. The van der Waals surface area contributed by atoms with Crippen molar-refractivity contribution < 1.29 is 27.1 Å². The second-order valence-electron chi connectivity index (χ2n) is 6.00. The first-order chi connectivity index (χ1) is 12.6. The molecule has 1 aliphatic rings. The average Bonchev–Trinajstić information content (AvgIpc) is 2.60. The number of halogens is 4. The van der Waals surface area contributed by atoms with Gasteiger partial charge in [0.15, 0.2) is 23.7 Å². The molecule has 1 aromatic carbocycles. The molecule has 3 rings (SSSR count). The summed E-state index contributed by atoms with van der Waals surface area (Å²) in [7, 11) is 0. The fourth-order valence-electron chi connectivity index (χ4n) is 2.62. The molecule has 1 aromatic heterocycles. The summed E-state index contributed by atoms with van der Waals surface area (Å²) in [6.07, 6.45) is 1.22. The average molecular weight is 382 g/mol. The molecule has 142 valence electrons. The van der Waals surface area contributed by atoms with Gasteiger partial charge >= 0.3 is 5.92 Å². The Bertz CT molecular complexity index is 935. The zero-order chi connectivity index (χ0) is 19.8. The quantitative estimate of drug-likeness (QED) is 0.799. The highest BCUT2D eigenvalue weighted by Crippen LogP contribution is 2.44. The molecule has 1 unspecified atom stereocenters. The van der Waals surface area contributed by atoms with Crippen LogP contribution >= 0.6 is 0 Å². The van der Waals surface area contributed by atoms with E-state index in [0.717, 1.165) is 31.2 Å². The van der Waals surface area contributed by atoms with Gasteiger partial charge < -0.3 is 15.8 Å². The van der Waals surface area contributed by atoms with Crippen LogP contribution in [-0.4, -0.2) is 29.4 Å². The number of aliphatic imine (C=N–C) groups is 1. The Morgan fingerprint density at radius 3 is 2.70 bits per heavy atom. The van der Waals surface area contributed by atoms with Crippen molar-refractivity contribution in [3.8, 4) is 0 Å². The van der Waals surface area contributed by atoms with Crippen LogP contribution in [0.1, 0.15) is 23.0 Å². The normalized spacial score (nSPS) is 21.1. The molecule has 0 bridgehead atoms. The highest BCUT2D eigenvalue weighted by atomic mass is 19.3. The van der Waals surface area contributed by atoms with Crippen molar-refractivity contribution in [3.63, 3.8) is 0 Å². The van der Waals surface area contributed by atoms with E-state index in [1.54, 1.807) is 0 Å². The number of anilines is 1. The number of ether oxygens (including phenoxy) is 1. The molecule has 0 saturated carbocycles. The van der Waals surface area contributed by atoms with Crippen molar-refractivity contribution in [2.75, 3.05) is 11.9 Å². The predicted octanol–water partition coefficient (Wildman–Crippen LogP) is 2.81. The maximum absolute atomic E-state index is 14.4. The summed E-state index contributed by atoms with van der Waals surface area (Å²) in [6.45, 7) is -0.0706. The number of alkyl halides is 2. The van der Waals surface area contributed by atoms with Crippen molar-refractivity contribution in [3.05, 3.63) is 59.4 Å². The molecule has 2 aromatic rings. The van der Waals surface area contributed by atoms with Crippen LogP contribution in [0.15, 0.2) is 41.5 Å². The number of amidine groups is 1. The number of nitrogens with zero attached hydrogens (tertiary/aromatic N) is 2. The number of hydrogen-bond donors (Lipinski definition) is 2. The summed E-state index contributed by atoms with van der Waals surface area (Å²) in [5.74, 6) is -6.32. The molecule has 6 nitrogen and oxygen atoms in total. The van der Waals surface area contributed by atoms with Crippen molar-refractivity contribution in [1.29, 1.82) is 0 Å². The maximum atomic E-state index is 14.4. The molecule has 10 heteroatoms. The van der Waals surface area contributed by atoms with E-state index in [-0.39, 0.29) is 5.69 Å². The lowest BCUT2D eigenvalue weighted by molar-refractivity contribution is -0.117. The summed E-state index contributed by atoms with van der Waals surface area (Å²) in [5, 5.41) is 2.30. The van der Waals surface area contributed by atoms with Crippen LogP contribution in [0.5, 0.6) is 0 Å². The van der Waals surface area contributed by atoms with Gasteiger partial charge in [-0.3, -0.25) is 4.79 Å². The molecule has 27 heavy (non-hydrogen) atoms. The lowest BCUT2D eigenvalue weighted by Gasteiger charge is -2.37. The summed E-state index contributed by atoms with van der Waals surface area (Å²) in [5.41, 5.74) is 1.99. The van der Waals surface area contributed by atoms with E-state index >= 15 is 0 Å². The van der Waals surface area contributed by atoms with Gasteiger partial charge in [0.25, 0.3) is 11.9 Å². The lowest BCUT2D eigenvalue weighted by atomic mass is 9.85. The Kier molecular flexibility index (Phi) is 4.50. The van der Waals surface area contributed by atoms with Gasteiger partial charge in [-0.05, 0) is 37.3 Å². The highest BCUT2D eigenvalue weighted by Gasteiger charge is 2.56. The number of carbonyl (C=O) groups is 1. The van der Waals surface area contributed by atoms with Gasteiger partial charge in [-0.2, -0.15) is 8.78 Å². The van der Waals surface area contributed by atoms with Gasteiger partial charge in [-0.15, -0.1) is 0 Å². The number of nitrogens with two attached hydrogens (primary N) is 1. The van der Waals surface area contributed by atoms with E-state index < -0.39 is 52.9 Å². The monoisotopic (exact) mass is 382 g/mol. The van der Waals surface area contributed by atoms with Gasteiger partial charge in [0.1, 0.15) is 5.82 Å². The van der Waals surface area contributed by atoms with Crippen LogP contribution in [-0.2, 0) is 10.3 Å². The molecule has 1 atom stereocenters. The minimum absolute atomic E-state index is 0.0428. The van der Waals surface area contributed by atoms with E-state index in [4.69, 9.17) is 5.73 Å². The zero-order valence-electron chi connectivity index (χ0n) is 14.0. The molecule has 0 fully saturated rings. The Labute approximate surface area is 151 Å². The third-order valence-corrected chi connectivity index (χ3v) is 4.17. The van der Waals surface area contributed by atoms with Crippen LogP contribution in [0.4, 0.5) is 23.2 Å². The summed E-state index contributed by atoms with van der Waals surface area (Å²) >= 11 is 0. The van der Waals surface area contributed by atoms with Crippen molar-refractivity contribution in [2.45, 2.75) is 18.4 Å². The smallest absolute Gasteiger partial charge is 0.310 e. The molecular formula is C17H14F4N4O2. The molecule has 1 amide bonds. The van der Waals surface area contributed by atoms with Gasteiger partial charge in [0, 0.05) is 17.4 Å². The number of hydrogen-bond acceptors (Lipinski definition) is 5. The van der Waals surface area contributed by atoms with E-state index in [0.29, 0.717) is 0 Å². The molecule has 0 radical (unpaired) electrons. The number of benzene rings is 1. The Balaban J connectivity index is 1.99. The van der Waals surface area contributed by atoms with Gasteiger partial charge in [-0.1, -0.05) is 0 Å². The van der Waals surface area contributed by atoms with E-state index in [2.05, 4.69) is 20.0 Å². The second-order valence-corrected chi connectivity index (χ2v) is 6.00. The first kappa shape index (κ1) is 18.6. The number of pyridine rings is 1. The van der Waals surface area contributed by atoms with Crippen LogP contribution in [0.3, 0.4) is 0 Å². The zero-order valence-corrected chi connectivity index (χ0v) is 14.0. The number of nitrogens with one attached hydrogen (secondary N) is 1. The largest absolute Gasteiger partial charge is 0.459 e. The molecule has 0 aliphatic carbocycles. The molecular weight excluding hydrogens is 368 g/mol. The number of aromatic nitrogens is 1. The van der Waals surface area contributed by atoms with Gasteiger partial charge in [0.05, 0.1) is 0 Å². The van der Waals surface area contributed by atoms with E-state index in [1.165, 1.54) is 12.3 Å². The van der Waals surface area contributed by atoms with Gasteiger partial charge in [0.2, 0.25) is 0 Å². The third-order valence-electron chi connectivity index (χ3n) is 4.17. The van der Waals surface area contributed by atoms with Crippen molar-refractivity contribution >= 4 is 17.6 Å². The summed E-state index contributed by atoms with van der Waals surface area (Å²) in [6, 6.07) is 4.86. The minimum atomic E-state index is -3.56. The Morgan fingerprint density at radius 1 is 1.26 bits per heavy atom. The number of carbonyl (C=O) groups excluding carboxylic acids is 1. The topological polar surface area (TPSA) is 89.6 Å². The van der Waals surface area contributed by atoms with Crippen LogP contribution in [0.2, 0.25) is 0 Å². The predicted molar refractivity (Wildman–Crippen MR) is 88.4 cm³/mol. The third kappa shape index (κ3) is 3.29. The Hall–Kier alpha value is -3.17. The number of rotatable bonds is 3. The second kappa shape index (κ2) is 6.53. The fourth-order valence-corrected chi connectivity index (χ4v) is 2.62. The van der Waals surface area contributed by atoms with Crippen LogP contribution in [0.25, 0.3) is 0 Å². The van der Waals surface area contributed by atoms with Crippen LogP contribution < -0.4 is 11.1 Å². The standard InChI is InChI=1S/C17H14F4N4O2/c1-16(17(20,21)8-27-15(22)25-16)10-7-9(4-5-11(10)18)24-14(26)13-12(19)3-2-6-23-13/h2-7H,8H2,1H3,(H2,22,25)(H,24,26). The number of amides is 1. The first-order valence-corrected chi connectivity index (χ1v) is 7.72. The summed E-state index contributed by atoms with van der Waals surface area (Å²) in [4.78, 5) is 19.3. The highest BCUT2D eigenvalue weighted by molar-refractivity contribution is 6.03. The fraction of sp³-hybridized carbons (Fsp3) is 0.235. The lowest BCUT2D eigenvalue weighted by Crippen LogP contribution is -2.51. The molecule has 1 aliphatic heterocycles. The minimum Gasteiger partial charge on any atom is -0.459 e. The molecule has 0 saturated heterocycles. The molecule has 2 heterocycles. The van der Waals surface area contributed by atoms with E-state index in [9.17, 15) is 22.4 Å². The summed E-state index contributed by atoms with van der Waals surface area (Å²) < 4.78 is 61.3. The Morgan fingerprint density at radius 2 is 2.00 bits per heavy atom. The van der Waals surface area contributed by atoms with Crippen molar-refractivity contribution in [1.82, 2.24) is 4.98 Å². The molecule has 3 N–H and O–H groups in total. The van der Waals surface area contributed by atoms with E-state index in [1.807, 2.05) is 0 Å². The maximum Gasteiger partial charge on any atom is 0.310 e. The molecule has 0 spiro atoms. The first-order valence-electron chi connectivity index (χ1n) is 7.72. The van der Waals surface area contributed by atoms with Gasteiger partial charge in [-0.25, -0.2) is 18.8 Å². The van der Waals surface area contributed by atoms with Crippen LogP contribution in [0, 0.1) is 11.6 Å².